The Bertz CT molecular complexity index is 1460. The summed E-state index contributed by atoms with van der Waals surface area (Å²) in [6, 6.07) is 25.9. The third kappa shape index (κ3) is 3.20. The lowest BCUT2D eigenvalue weighted by Gasteiger charge is -2.11. The highest BCUT2D eigenvalue weighted by molar-refractivity contribution is 6.39. The van der Waals surface area contributed by atoms with Gasteiger partial charge in [0.2, 0.25) is 5.88 Å². The Hall–Kier alpha value is -4.45. The summed E-state index contributed by atoms with van der Waals surface area (Å²) in [5, 5.41) is 10.9. The number of aromatic amines is 1. The van der Waals surface area contributed by atoms with Gasteiger partial charge in [0, 0.05) is 16.7 Å². The summed E-state index contributed by atoms with van der Waals surface area (Å²) < 4.78 is 1.08. The molecule has 0 amide bonds. The molecular formula is C25H17N3O3. The Morgan fingerprint density at radius 2 is 1.48 bits per heavy atom. The first-order valence-corrected chi connectivity index (χ1v) is 9.73. The standard InChI is InChI=1S/C25H17N3O3/c29-23-20(24(30)28(25(31)27-23)17-11-5-2-6-12-17)15-19-18-13-7-8-14-21(18)26-22(19)16-9-3-1-4-10-16/h1-15,30H,(H,27,29,31)/b19-15-. The van der Waals surface area contributed by atoms with Gasteiger partial charge in [0.25, 0.3) is 5.56 Å². The molecule has 0 unspecified atom stereocenters. The fourth-order valence-electron chi connectivity index (χ4n) is 3.70. The van der Waals surface area contributed by atoms with Gasteiger partial charge in [0.05, 0.1) is 17.1 Å². The highest BCUT2D eigenvalue weighted by Crippen LogP contribution is 2.38. The third-order valence-corrected chi connectivity index (χ3v) is 5.15. The van der Waals surface area contributed by atoms with E-state index >= 15 is 0 Å². The number of nitrogens with one attached hydrogen (secondary N) is 1. The Morgan fingerprint density at radius 1 is 0.839 bits per heavy atom. The number of benzene rings is 3. The van der Waals surface area contributed by atoms with E-state index in [1.165, 1.54) is 0 Å². The fraction of sp³-hybridized carbons (Fsp3) is 0. The molecular weight excluding hydrogens is 390 g/mol. The molecule has 0 atom stereocenters. The van der Waals surface area contributed by atoms with E-state index in [0.717, 1.165) is 21.4 Å². The molecule has 6 heteroatoms. The van der Waals surface area contributed by atoms with Crippen LogP contribution in [0.5, 0.6) is 5.88 Å². The minimum Gasteiger partial charge on any atom is -0.494 e. The van der Waals surface area contributed by atoms with Crippen LogP contribution >= 0.6 is 0 Å². The van der Waals surface area contributed by atoms with E-state index in [-0.39, 0.29) is 5.56 Å². The lowest BCUT2D eigenvalue weighted by Crippen LogP contribution is -2.30. The zero-order valence-corrected chi connectivity index (χ0v) is 16.3. The summed E-state index contributed by atoms with van der Waals surface area (Å²) in [7, 11) is 0. The predicted molar refractivity (Wildman–Crippen MR) is 121 cm³/mol. The van der Waals surface area contributed by atoms with Crippen LogP contribution in [0.1, 0.15) is 16.7 Å². The third-order valence-electron chi connectivity index (χ3n) is 5.15. The summed E-state index contributed by atoms with van der Waals surface area (Å²) in [5.74, 6) is -0.427. The van der Waals surface area contributed by atoms with Crippen molar-refractivity contribution in [1.82, 2.24) is 9.55 Å². The van der Waals surface area contributed by atoms with Crippen molar-refractivity contribution >= 4 is 23.0 Å². The van der Waals surface area contributed by atoms with Crippen molar-refractivity contribution < 1.29 is 5.11 Å². The molecule has 4 aromatic rings. The second-order valence-electron chi connectivity index (χ2n) is 7.07. The first kappa shape index (κ1) is 18.6. The molecule has 6 nitrogen and oxygen atoms in total. The van der Waals surface area contributed by atoms with Crippen molar-refractivity contribution in [3.05, 3.63) is 122 Å². The number of aliphatic imine (C=N–C) groups is 1. The molecule has 3 aromatic carbocycles. The Morgan fingerprint density at radius 3 is 2.23 bits per heavy atom. The van der Waals surface area contributed by atoms with Gasteiger partial charge in [-0.1, -0.05) is 66.7 Å². The average molecular weight is 407 g/mol. The van der Waals surface area contributed by atoms with Gasteiger partial charge in [-0.25, -0.2) is 14.4 Å². The Balaban J connectivity index is 1.76. The molecule has 1 aliphatic rings. The number of rotatable bonds is 3. The lowest BCUT2D eigenvalue weighted by atomic mass is 9.96. The van der Waals surface area contributed by atoms with Gasteiger partial charge in [0.1, 0.15) is 5.56 Å². The Labute approximate surface area is 177 Å². The molecule has 1 aliphatic heterocycles. The molecule has 0 saturated heterocycles. The maximum Gasteiger partial charge on any atom is 0.335 e. The normalized spacial score (nSPS) is 13.8. The van der Waals surface area contributed by atoms with E-state index in [1.54, 1.807) is 36.4 Å². The quantitative estimate of drug-likeness (QED) is 0.540. The smallest absolute Gasteiger partial charge is 0.335 e. The van der Waals surface area contributed by atoms with Crippen LogP contribution in [0.3, 0.4) is 0 Å². The van der Waals surface area contributed by atoms with Crippen LogP contribution in [0.2, 0.25) is 0 Å². The number of hydrogen-bond acceptors (Lipinski definition) is 4. The molecule has 2 heterocycles. The summed E-state index contributed by atoms with van der Waals surface area (Å²) in [6.07, 6.45) is 1.59. The number of hydrogen-bond donors (Lipinski definition) is 2. The summed E-state index contributed by atoms with van der Waals surface area (Å²) >= 11 is 0. The van der Waals surface area contributed by atoms with Crippen LogP contribution in [0, 0.1) is 0 Å². The van der Waals surface area contributed by atoms with Crippen LogP contribution < -0.4 is 11.2 Å². The molecule has 0 aliphatic carbocycles. The van der Waals surface area contributed by atoms with Gasteiger partial charge in [-0.05, 0) is 24.3 Å². The highest BCUT2D eigenvalue weighted by Gasteiger charge is 2.24. The minimum atomic E-state index is -0.709. The summed E-state index contributed by atoms with van der Waals surface area (Å²) in [6.45, 7) is 0. The maximum atomic E-state index is 12.7. The second kappa shape index (κ2) is 7.42. The Kier molecular flexibility index (Phi) is 4.45. The van der Waals surface area contributed by atoms with E-state index in [1.807, 2.05) is 54.6 Å². The van der Waals surface area contributed by atoms with Gasteiger partial charge < -0.3 is 5.11 Å². The molecule has 1 aromatic heterocycles. The van der Waals surface area contributed by atoms with Crippen LogP contribution in [0.4, 0.5) is 5.69 Å². The van der Waals surface area contributed by atoms with Crippen molar-refractivity contribution in [2.45, 2.75) is 0 Å². The number of nitrogens with zero attached hydrogens (tertiary/aromatic N) is 2. The number of aromatic hydroxyl groups is 1. The zero-order chi connectivity index (χ0) is 21.4. The van der Waals surface area contributed by atoms with Crippen molar-refractivity contribution in [3.63, 3.8) is 0 Å². The topological polar surface area (TPSA) is 87.5 Å². The number of aromatic nitrogens is 2. The monoisotopic (exact) mass is 407 g/mol. The zero-order valence-electron chi connectivity index (χ0n) is 16.3. The molecule has 0 fully saturated rings. The average Bonchev–Trinajstić information content (AvgIpc) is 3.16. The SMILES string of the molecule is O=c1[nH]c(=O)n(-c2ccccc2)c(O)c1/C=C1\C(c2ccccc2)=Nc2ccccc21. The second-order valence-corrected chi connectivity index (χ2v) is 7.07. The molecule has 0 saturated carbocycles. The predicted octanol–water partition coefficient (Wildman–Crippen LogP) is 3.91. The van der Waals surface area contributed by atoms with Gasteiger partial charge in [-0.3, -0.25) is 9.78 Å². The van der Waals surface area contributed by atoms with E-state index < -0.39 is 17.1 Å². The largest absolute Gasteiger partial charge is 0.494 e. The van der Waals surface area contributed by atoms with E-state index in [0.29, 0.717) is 17.0 Å². The van der Waals surface area contributed by atoms with E-state index in [2.05, 4.69) is 4.98 Å². The van der Waals surface area contributed by atoms with E-state index in [4.69, 9.17) is 4.99 Å². The minimum absolute atomic E-state index is 0.0150. The van der Waals surface area contributed by atoms with E-state index in [9.17, 15) is 14.7 Å². The van der Waals surface area contributed by atoms with Crippen molar-refractivity contribution in [2.75, 3.05) is 0 Å². The number of fused-ring (bicyclic) bond motifs is 1. The molecule has 0 radical (unpaired) electrons. The molecule has 31 heavy (non-hydrogen) atoms. The van der Waals surface area contributed by atoms with Gasteiger partial charge >= 0.3 is 5.69 Å². The summed E-state index contributed by atoms with van der Waals surface area (Å²) in [4.78, 5) is 32.2. The van der Waals surface area contributed by atoms with Crippen molar-refractivity contribution in [3.8, 4) is 11.6 Å². The van der Waals surface area contributed by atoms with Crippen LogP contribution in [0.15, 0.2) is 99.5 Å². The van der Waals surface area contributed by atoms with Crippen molar-refractivity contribution in [1.29, 1.82) is 0 Å². The van der Waals surface area contributed by atoms with Gasteiger partial charge in [-0.2, -0.15) is 0 Å². The van der Waals surface area contributed by atoms with Gasteiger partial charge in [-0.15, -0.1) is 0 Å². The van der Waals surface area contributed by atoms with Crippen LogP contribution in [0.25, 0.3) is 17.3 Å². The fourth-order valence-corrected chi connectivity index (χ4v) is 3.70. The van der Waals surface area contributed by atoms with Crippen LogP contribution in [-0.2, 0) is 0 Å². The number of para-hydroxylation sites is 2. The van der Waals surface area contributed by atoms with Crippen LogP contribution in [-0.4, -0.2) is 20.4 Å². The molecule has 0 spiro atoms. The maximum absolute atomic E-state index is 12.7. The number of allylic oxidation sites excluding steroid dienone is 1. The first-order chi connectivity index (χ1) is 15.1. The van der Waals surface area contributed by atoms with Crippen molar-refractivity contribution in [2.24, 2.45) is 4.99 Å². The molecule has 0 bridgehead atoms. The van der Waals surface area contributed by atoms with Gasteiger partial charge in [0.15, 0.2) is 0 Å². The lowest BCUT2D eigenvalue weighted by molar-refractivity contribution is 0.429. The molecule has 150 valence electrons. The first-order valence-electron chi connectivity index (χ1n) is 9.73. The summed E-state index contributed by atoms with van der Waals surface area (Å²) in [5.41, 5.74) is 2.95. The number of H-pyrrole nitrogens is 1. The highest BCUT2D eigenvalue weighted by atomic mass is 16.3. The molecule has 5 rings (SSSR count). The molecule has 2 N–H and O–H groups in total.